The number of carbonyl (C=O) groups excluding carboxylic acids is 1. The first-order valence-electron chi connectivity index (χ1n) is 8.45. The summed E-state index contributed by atoms with van der Waals surface area (Å²) in [6, 6.07) is 7.52. The van der Waals surface area contributed by atoms with Gasteiger partial charge in [0.15, 0.2) is 0 Å². The Balaban J connectivity index is 1.53. The minimum Gasteiger partial charge on any atom is -0.478 e. The fourth-order valence-corrected chi connectivity index (χ4v) is 3.85. The number of carbonyl (C=O) groups is 2. The van der Waals surface area contributed by atoms with E-state index in [2.05, 4.69) is 10.3 Å². The third kappa shape index (κ3) is 2.69. The van der Waals surface area contributed by atoms with Gasteiger partial charge >= 0.3 is 5.97 Å². The summed E-state index contributed by atoms with van der Waals surface area (Å²) in [5.74, 6) is -1.17. The maximum Gasteiger partial charge on any atom is 0.335 e. The van der Waals surface area contributed by atoms with E-state index >= 15 is 0 Å². The molecule has 2 aliphatic rings. The van der Waals surface area contributed by atoms with Crippen LogP contribution in [-0.4, -0.2) is 28.1 Å². The van der Waals surface area contributed by atoms with E-state index in [4.69, 9.17) is 4.74 Å². The van der Waals surface area contributed by atoms with Gasteiger partial charge in [-0.3, -0.25) is 4.79 Å². The van der Waals surface area contributed by atoms with Gasteiger partial charge in [0.2, 0.25) is 11.8 Å². The van der Waals surface area contributed by atoms with Gasteiger partial charge in [0.1, 0.15) is 11.9 Å². The first-order valence-corrected chi connectivity index (χ1v) is 8.45. The summed E-state index contributed by atoms with van der Waals surface area (Å²) in [5.41, 5.74) is 0.894. The van der Waals surface area contributed by atoms with Gasteiger partial charge in [-0.05, 0) is 55.5 Å². The summed E-state index contributed by atoms with van der Waals surface area (Å²) in [6.07, 6.45) is 3.36. The second kappa shape index (κ2) is 6.09. The van der Waals surface area contributed by atoms with Crippen molar-refractivity contribution in [3.05, 3.63) is 53.5 Å². The van der Waals surface area contributed by atoms with Gasteiger partial charge in [0.05, 0.1) is 17.2 Å². The standard InChI is InChI=1S/C19H17FN2O4/c20-12-2-4-16(21-10-12)26-13-5-7-19(8-6-13)14-9-11(17(23)24)1-3-15(14)22-18(19)25/h1-4,9-10,13H,5-8H2,(H,22,25)(H,23,24). The van der Waals surface area contributed by atoms with Crippen molar-refractivity contribution in [2.75, 3.05) is 5.32 Å². The second-order valence-corrected chi connectivity index (χ2v) is 6.73. The van der Waals surface area contributed by atoms with Crippen molar-refractivity contribution >= 4 is 17.6 Å². The molecule has 0 unspecified atom stereocenters. The van der Waals surface area contributed by atoms with Crippen LogP contribution >= 0.6 is 0 Å². The Morgan fingerprint density at radius 1 is 1.27 bits per heavy atom. The molecule has 7 heteroatoms. The van der Waals surface area contributed by atoms with Crippen LogP contribution in [0.3, 0.4) is 0 Å². The Morgan fingerprint density at radius 2 is 2.04 bits per heavy atom. The Kier molecular flexibility index (Phi) is 3.86. The molecule has 1 amide bonds. The van der Waals surface area contributed by atoms with E-state index < -0.39 is 17.2 Å². The van der Waals surface area contributed by atoms with Crippen LogP contribution < -0.4 is 10.1 Å². The van der Waals surface area contributed by atoms with Crippen molar-refractivity contribution in [1.82, 2.24) is 4.98 Å². The first-order chi connectivity index (χ1) is 12.5. The number of carboxylic acid groups (broad SMARTS) is 1. The molecule has 0 saturated heterocycles. The molecule has 6 nitrogen and oxygen atoms in total. The highest BCUT2D eigenvalue weighted by Gasteiger charge is 2.49. The SMILES string of the molecule is O=C(O)c1ccc2c(c1)C1(CCC(Oc3ccc(F)cn3)CC1)C(=O)N2. The zero-order valence-electron chi connectivity index (χ0n) is 13.9. The first kappa shape index (κ1) is 16.5. The molecule has 1 fully saturated rings. The topological polar surface area (TPSA) is 88.5 Å². The summed E-state index contributed by atoms with van der Waals surface area (Å²) in [4.78, 5) is 27.8. The monoisotopic (exact) mass is 356 g/mol. The molecule has 4 rings (SSSR count). The van der Waals surface area contributed by atoms with Crippen LogP contribution in [0.15, 0.2) is 36.5 Å². The van der Waals surface area contributed by atoms with Gasteiger partial charge in [-0.1, -0.05) is 0 Å². The van der Waals surface area contributed by atoms with Crippen molar-refractivity contribution in [2.45, 2.75) is 37.2 Å². The van der Waals surface area contributed by atoms with Gasteiger partial charge in [-0.25, -0.2) is 14.2 Å². The van der Waals surface area contributed by atoms with E-state index in [1.165, 1.54) is 18.2 Å². The number of amides is 1. The Morgan fingerprint density at radius 3 is 2.69 bits per heavy atom. The molecule has 1 aromatic heterocycles. The molecule has 26 heavy (non-hydrogen) atoms. The van der Waals surface area contributed by atoms with Crippen LogP contribution in [0, 0.1) is 5.82 Å². The van der Waals surface area contributed by atoms with Crippen LogP contribution in [0.4, 0.5) is 10.1 Å². The number of anilines is 1. The zero-order chi connectivity index (χ0) is 18.3. The van der Waals surface area contributed by atoms with Gasteiger partial charge < -0.3 is 15.2 Å². The number of halogens is 1. The molecule has 1 saturated carbocycles. The molecule has 1 spiro atoms. The predicted molar refractivity (Wildman–Crippen MR) is 90.8 cm³/mol. The van der Waals surface area contributed by atoms with Gasteiger partial charge in [0, 0.05) is 11.8 Å². The molecule has 2 heterocycles. The van der Waals surface area contributed by atoms with Crippen molar-refractivity contribution < 1.29 is 23.8 Å². The predicted octanol–water partition coefficient (Wildman–Crippen LogP) is 3.13. The van der Waals surface area contributed by atoms with Crippen molar-refractivity contribution in [3.8, 4) is 5.88 Å². The lowest BCUT2D eigenvalue weighted by Crippen LogP contribution is -2.41. The maximum absolute atomic E-state index is 12.9. The van der Waals surface area contributed by atoms with E-state index in [9.17, 15) is 19.1 Å². The average Bonchev–Trinajstić information content (AvgIpc) is 2.90. The number of nitrogens with one attached hydrogen (secondary N) is 1. The molecule has 0 radical (unpaired) electrons. The minimum absolute atomic E-state index is 0.0894. The second-order valence-electron chi connectivity index (χ2n) is 6.73. The minimum atomic E-state index is -1.01. The molecule has 1 aromatic carbocycles. The molecule has 1 aliphatic carbocycles. The van der Waals surface area contributed by atoms with Crippen molar-refractivity contribution in [1.29, 1.82) is 0 Å². The molecule has 2 N–H and O–H groups in total. The lowest BCUT2D eigenvalue weighted by Gasteiger charge is -2.35. The highest BCUT2D eigenvalue weighted by Crippen LogP contribution is 2.48. The number of nitrogens with zero attached hydrogens (tertiary/aromatic N) is 1. The highest BCUT2D eigenvalue weighted by atomic mass is 19.1. The number of hydrogen-bond acceptors (Lipinski definition) is 4. The van der Waals surface area contributed by atoms with Crippen molar-refractivity contribution in [2.24, 2.45) is 0 Å². The van der Waals surface area contributed by atoms with Gasteiger partial charge in [-0.2, -0.15) is 0 Å². The Bertz CT molecular complexity index is 874. The number of ether oxygens (including phenoxy) is 1. The molecule has 1 aliphatic heterocycles. The van der Waals surface area contributed by atoms with Gasteiger partial charge in [-0.15, -0.1) is 0 Å². The fourth-order valence-electron chi connectivity index (χ4n) is 3.85. The number of pyridine rings is 1. The summed E-state index contributed by atoms with van der Waals surface area (Å²) >= 11 is 0. The average molecular weight is 356 g/mol. The van der Waals surface area contributed by atoms with E-state index in [0.717, 1.165) is 11.8 Å². The van der Waals surface area contributed by atoms with Crippen LogP contribution in [0.2, 0.25) is 0 Å². The van der Waals surface area contributed by atoms with E-state index in [1.54, 1.807) is 12.1 Å². The number of carboxylic acids is 1. The molecular formula is C19H17FN2O4. The maximum atomic E-state index is 12.9. The van der Waals surface area contributed by atoms with Crippen LogP contribution in [0.5, 0.6) is 5.88 Å². The Hall–Kier alpha value is -2.96. The summed E-state index contributed by atoms with van der Waals surface area (Å²) in [7, 11) is 0. The molecule has 2 aromatic rings. The molecule has 0 atom stereocenters. The fraction of sp³-hybridized carbons (Fsp3) is 0.316. The third-order valence-corrected chi connectivity index (χ3v) is 5.24. The van der Waals surface area contributed by atoms with Crippen LogP contribution in [-0.2, 0) is 10.2 Å². The normalized spacial score (nSPS) is 24.2. The number of fused-ring (bicyclic) bond motifs is 2. The smallest absolute Gasteiger partial charge is 0.335 e. The number of benzene rings is 1. The largest absolute Gasteiger partial charge is 0.478 e. The lowest BCUT2D eigenvalue weighted by atomic mass is 9.69. The van der Waals surface area contributed by atoms with Gasteiger partial charge in [0.25, 0.3) is 0 Å². The summed E-state index contributed by atoms with van der Waals surface area (Å²) < 4.78 is 18.7. The number of aromatic nitrogens is 1. The van der Waals surface area contributed by atoms with E-state index in [-0.39, 0.29) is 17.6 Å². The number of aromatic carboxylic acids is 1. The third-order valence-electron chi connectivity index (χ3n) is 5.24. The lowest BCUT2D eigenvalue weighted by molar-refractivity contribution is -0.122. The summed E-state index contributed by atoms with van der Waals surface area (Å²) in [6.45, 7) is 0. The van der Waals surface area contributed by atoms with E-state index in [1.807, 2.05) is 0 Å². The van der Waals surface area contributed by atoms with Crippen LogP contribution in [0.25, 0.3) is 0 Å². The van der Waals surface area contributed by atoms with Crippen LogP contribution in [0.1, 0.15) is 41.6 Å². The molecular weight excluding hydrogens is 339 g/mol. The Labute approximate surface area is 149 Å². The number of rotatable bonds is 3. The molecule has 134 valence electrons. The summed E-state index contributed by atoms with van der Waals surface area (Å²) in [5, 5.41) is 12.1. The quantitative estimate of drug-likeness (QED) is 0.882. The highest BCUT2D eigenvalue weighted by molar-refractivity contribution is 6.07. The zero-order valence-corrected chi connectivity index (χ0v) is 13.9. The number of hydrogen-bond donors (Lipinski definition) is 2. The van der Waals surface area contributed by atoms with E-state index in [0.29, 0.717) is 37.3 Å². The van der Waals surface area contributed by atoms with Crippen molar-refractivity contribution in [3.63, 3.8) is 0 Å². The molecule has 0 bridgehead atoms.